The van der Waals surface area contributed by atoms with Crippen LogP contribution in [0, 0.1) is 11.8 Å². The monoisotopic (exact) mass is 312 g/mol. The first-order chi connectivity index (χ1) is 11.3. The average molecular weight is 313 g/mol. The molecule has 1 aliphatic rings. The van der Waals surface area contributed by atoms with Crippen molar-refractivity contribution in [3.05, 3.63) is 41.5 Å². The van der Waals surface area contributed by atoms with Gasteiger partial charge in [0.15, 0.2) is 0 Å². The van der Waals surface area contributed by atoms with E-state index < -0.39 is 0 Å². The number of hydrogen-bond donors (Lipinski definition) is 0. The molecule has 0 spiro atoms. The molecule has 1 saturated carbocycles. The van der Waals surface area contributed by atoms with Gasteiger partial charge in [0.1, 0.15) is 0 Å². The van der Waals surface area contributed by atoms with Crippen molar-refractivity contribution in [3.8, 4) is 0 Å². The zero-order chi connectivity index (χ0) is 16.3. The molecule has 0 radical (unpaired) electrons. The lowest BCUT2D eigenvalue weighted by atomic mass is 9.79. The van der Waals surface area contributed by atoms with Crippen molar-refractivity contribution in [2.24, 2.45) is 11.8 Å². The van der Waals surface area contributed by atoms with Crippen LogP contribution in [0.25, 0.3) is 6.08 Å². The van der Waals surface area contributed by atoms with Crippen molar-refractivity contribution in [2.45, 2.75) is 84.5 Å². The SMILES string of the molecule is CCCCCc1ccc(C=CCCC2CCC(CC)CC2)cc1. The third-order valence-corrected chi connectivity index (χ3v) is 5.64. The molecule has 0 saturated heterocycles. The van der Waals surface area contributed by atoms with Crippen LogP contribution in [0.5, 0.6) is 0 Å². The topological polar surface area (TPSA) is 0 Å². The van der Waals surface area contributed by atoms with Crippen molar-refractivity contribution in [2.75, 3.05) is 0 Å². The van der Waals surface area contributed by atoms with Crippen molar-refractivity contribution >= 4 is 6.08 Å². The molecule has 0 unspecified atom stereocenters. The molecule has 128 valence electrons. The summed E-state index contributed by atoms with van der Waals surface area (Å²) in [4.78, 5) is 0. The molecule has 0 bridgehead atoms. The van der Waals surface area contributed by atoms with Gasteiger partial charge in [0.25, 0.3) is 0 Å². The normalized spacial score (nSPS) is 21.8. The van der Waals surface area contributed by atoms with E-state index in [0.29, 0.717) is 0 Å². The highest BCUT2D eigenvalue weighted by atomic mass is 14.2. The minimum absolute atomic E-state index is 0.989. The summed E-state index contributed by atoms with van der Waals surface area (Å²) in [7, 11) is 0. The first-order valence-corrected chi connectivity index (χ1v) is 10.1. The number of benzene rings is 1. The Hall–Kier alpha value is -1.04. The van der Waals surface area contributed by atoms with E-state index in [0.717, 1.165) is 11.8 Å². The zero-order valence-electron chi connectivity index (χ0n) is 15.4. The molecule has 0 N–H and O–H groups in total. The smallest absolute Gasteiger partial charge is 0.0260 e. The van der Waals surface area contributed by atoms with Crippen LogP contribution < -0.4 is 0 Å². The van der Waals surface area contributed by atoms with E-state index in [4.69, 9.17) is 0 Å². The van der Waals surface area contributed by atoms with Crippen LogP contribution in [0.2, 0.25) is 0 Å². The third kappa shape index (κ3) is 6.94. The van der Waals surface area contributed by atoms with Gasteiger partial charge in [-0.05, 0) is 48.6 Å². The Balaban J connectivity index is 1.65. The highest BCUT2D eigenvalue weighted by molar-refractivity contribution is 5.49. The Kier molecular flexibility index (Phi) is 8.50. The molecular formula is C23H36. The number of unbranched alkanes of at least 4 members (excludes halogenated alkanes) is 2. The molecule has 0 heteroatoms. The Labute approximate surface area is 144 Å². The van der Waals surface area contributed by atoms with Gasteiger partial charge >= 0.3 is 0 Å². The van der Waals surface area contributed by atoms with Crippen molar-refractivity contribution in [1.82, 2.24) is 0 Å². The molecular weight excluding hydrogens is 276 g/mol. The van der Waals surface area contributed by atoms with E-state index in [1.165, 1.54) is 81.8 Å². The van der Waals surface area contributed by atoms with Gasteiger partial charge in [0.2, 0.25) is 0 Å². The van der Waals surface area contributed by atoms with Crippen LogP contribution in [0.1, 0.15) is 89.2 Å². The zero-order valence-corrected chi connectivity index (χ0v) is 15.4. The fourth-order valence-corrected chi connectivity index (χ4v) is 3.85. The Bertz CT molecular complexity index is 432. The van der Waals surface area contributed by atoms with Gasteiger partial charge in [-0.25, -0.2) is 0 Å². The lowest BCUT2D eigenvalue weighted by Crippen LogP contribution is -2.13. The van der Waals surface area contributed by atoms with Crippen LogP contribution in [0.15, 0.2) is 30.3 Å². The van der Waals surface area contributed by atoms with Crippen molar-refractivity contribution in [1.29, 1.82) is 0 Å². The largest absolute Gasteiger partial charge is 0.0839 e. The first-order valence-electron chi connectivity index (χ1n) is 10.1. The van der Waals surface area contributed by atoms with Crippen molar-refractivity contribution < 1.29 is 0 Å². The third-order valence-electron chi connectivity index (χ3n) is 5.64. The summed E-state index contributed by atoms with van der Waals surface area (Å²) < 4.78 is 0. The van der Waals surface area contributed by atoms with Gasteiger partial charge in [-0.1, -0.05) is 95.2 Å². The predicted octanol–water partition coefficient (Wildman–Crippen LogP) is 7.43. The molecule has 1 aromatic rings. The van der Waals surface area contributed by atoms with Crippen LogP contribution in [-0.2, 0) is 6.42 Å². The van der Waals surface area contributed by atoms with Gasteiger partial charge in [-0.2, -0.15) is 0 Å². The standard InChI is InChI=1S/C23H36/c1-3-5-6-9-21-16-18-23(19-17-21)11-8-7-10-22-14-12-20(4-2)13-15-22/h8,11,16-20,22H,3-7,9-10,12-15H2,1-2H3. The van der Waals surface area contributed by atoms with E-state index >= 15 is 0 Å². The fourth-order valence-electron chi connectivity index (χ4n) is 3.85. The molecule has 23 heavy (non-hydrogen) atoms. The molecule has 0 nitrogen and oxygen atoms in total. The summed E-state index contributed by atoms with van der Waals surface area (Å²) in [6, 6.07) is 9.18. The van der Waals surface area contributed by atoms with Gasteiger partial charge in [0.05, 0.1) is 0 Å². The maximum absolute atomic E-state index is 2.39. The van der Waals surface area contributed by atoms with E-state index in [-0.39, 0.29) is 0 Å². The molecule has 1 fully saturated rings. The highest BCUT2D eigenvalue weighted by Crippen LogP contribution is 2.33. The summed E-state index contributed by atoms with van der Waals surface area (Å²) in [5.41, 5.74) is 2.85. The average Bonchev–Trinajstić information content (AvgIpc) is 2.61. The molecule has 0 atom stereocenters. The molecule has 2 rings (SSSR count). The van der Waals surface area contributed by atoms with Gasteiger partial charge in [-0.15, -0.1) is 0 Å². The molecule has 1 aromatic carbocycles. The summed E-state index contributed by atoms with van der Waals surface area (Å²) in [5, 5.41) is 0. The van der Waals surface area contributed by atoms with E-state index in [2.05, 4.69) is 50.3 Å². The predicted molar refractivity (Wildman–Crippen MR) is 104 cm³/mol. The van der Waals surface area contributed by atoms with Crippen LogP contribution in [0.4, 0.5) is 0 Å². The van der Waals surface area contributed by atoms with E-state index in [9.17, 15) is 0 Å². The second kappa shape index (κ2) is 10.7. The molecule has 0 heterocycles. The second-order valence-electron chi connectivity index (χ2n) is 7.47. The Morgan fingerprint density at radius 1 is 0.913 bits per heavy atom. The van der Waals surface area contributed by atoms with Crippen LogP contribution >= 0.6 is 0 Å². The van der Waals surface area contributed by atoms with Crippen LogP contribution in [-0.4, -0.2) is 0 Å². The molecule has 0 aliphatic heterocycles. The quantitative estimate of drug-likeness (QED) is 0.416. The second-order valence-corrected chi connectivity index (χ2v) is 7.47. The summed E-state index contributed by atoms with van der Waals surface area (Å²) in [6.07, 6.45) is 19.8. The molecule has 0 amide bonds. The lowest BCUT2D eigenvalue weighted by Gasteiger charge is -2.27. The van der Waals surface area contributed by atoms with Gasteiger partial charge in [0, 0.05) is 0 Å². The fraction of sp³-hybridized carbons (Fsp3) is 0.652. The number of allylic oxidation sites excluding steroid dienone is 1. The maximum atomic E-state index is 2.39. The maximum Gasteiger partial charge on any atom is -0.0260 e. The number of hydrogen-bond acceptors (Lipinski definition) is 0. The first kappa shape index (κ1) is 18.3. The van der Waals surface area contributed by atoms with Crippen LogP contribution in [0.3, 0.4) is 0 Å². The van der Waals surface area contributed by atoms with Gasteiger partial charge in [-0.3, -0.25) is 0 Å². The molecule has 0 aromatic heterocycles. The van der Waals surface area contributed by atoms with Crippen molar-refractivity contribution in [3.63, 3.8) is 0 Å². The van der Waals surface area contributed by atoms with E-state index in [1.54, 1.807) is 0 Å². The molecule has 1 aliphatic carbocycles. The summed E-state index contributed by atoms with van der Waals surface area (Å²) in [5.74, 6) is 2.01. The van der Waals surface area contributed by atoms with Gasteiger partial charge < -0.3 is 0 Å². The summed E-state index contributed by atoms with van der Waals surface area (Å²) >= 11 is 0. The Morgan fingerprint density at radius 3 is 2.26 bits per heavy atom. The number of aryl methyl sites for hydroxylation is 1. The highest BCUT2D eigenvalue weighted by Gasteiger charge is 2.18. The Morgan fingerprint density at radius 2 is 1.61 bits per heavy atom. The number of rotatable bonds is 9. The minimum atomic E-state index is 0.989. The van der Waals surface area contributed by atoms with E-state index in [1.807, 2.05) is 0 Å². The minimum Gasteiger partial charge on any atom is -0.0839 e. The lowest BCUT2D eigenvalue weighted by molar-refractivity contribution is 0.260. The summed E-state index contributed by atoms with van der Waals surface area (Å²) in [6.45, 7) is 4.62.